The van der Waals surface area contributed by atoms with Crippen LogP contribution in [0.2, 0.25) is 5.02 Å². The first-order valence-electron chi connectivity index (χ1n) is 3.65. The molecule has 0 heterocycles. The second kappa shape index (κ2) is 3.64. The molecule has 0 aliphatic heterocycles. The van der Waals surface area contributed by atoms with Crippen LogP contribution in [0.1, 0.15) is 6.92 Å². The first-order valence-corrected chi connectivity index (χ1v) is 5.68. The lowest BCUT2D eigenvalue weighted by atomic mass is 10.3. The molecule has 5 heteroatoms. The molecule has 2 nitrogen and oxygen atoms in total. The van der Waals surface area contributed by atoms with Gasteiger partial charge >= 0.3 is 0 Å². The van der Waals surface area contributed by atoms with Crippen molar-refractivity contribution < 1.29 is 12.8 Å². The molecule has 0 spiro atoms. The largest absolute Gasteiger partial charge is 0.224 e. The van der Waals surface area contributed by atoms with Crippen LogP contribution < -0.4 is 0 Å². The van der Waals surface area contributed by atoms with Crippen LogP contribution in [-0.2, 0) is 9.84 Å². The summed E-state index contributed by atoms with van der Waals surface area (Å²) in [5, 5.41) is -0.0677. The Labute approximate surface area is 81.3 Å². The van der Waals surface area contributed by atoms with E-state index in [1.54, 1.807) is 0 Å². The van der Waals surface area contributed by atoms with Gasteiger partial charge in [-0.3, -0.25) is 0 Å². The van der Waals surface area contributed by atoms with Gasteiger partial charge in [0.25, 0.3) is 0 Å². The number of hydrogen-bond donors (Lipinski definition) is 0. The average molecular weight is 223 g/mol. The van der Waals surface area contributed by atoms with Crippen molar-refractivity contribution in [3.63, 3.8) is 0 Å². The van der Waals surface area contributed by atoms with Gasteiger partial charge in [-0.2, -0.15) is 0 Å². The van der Waals surface area contributed by atoms with Crippen molar-refractivity contribution in [1.82, 2.24) is 0 Å². The van der Waals surface area contributed by atoms with E-state index in [-0.39, 0.29) is 15.7 Å². The smallest absolute Gasteiger partial charge is 0.179 e. The number of benzene rings is 1. The Kier molecular flexibility index (Phi) is 2.93. The van der Waals surface area contributed by atoms with Crippen molar-refractivity contribution in [3.05, 3.63) is 29.0 Å². The minimum Gasteiger partial charge on any atom is -0.224 e. The van der Waals surface area contributed by atoms with E-state index in [1.807, 2.05) is 0 Å². The normalized spacial score (nSPS) is 11.6. The average Bonchev–Trinajstić information content (AvgIpc) is 2.03. The zero-order valence-corrected chi connectivity index (χ0v) is 8.49. The molecule has 0 bridgehead atoms. The zero-order chi connectivity index (χ0) is 10.1. The standard InChI is InChI=1S/C8H8ClFO2S/c1-2-13(11,12)8-4-3-6(10)5-7(8)9/h3-5H,2H2,1H3. The Bertz CT molecular complexity index is 414. The van der Waals surface area contributed by atoms with Crippen LogP contribution >= 0.6 is 11.6 Å². The van der Waals surface area contributed by atoms with Gasteiger partial charge in [0.15, 0.2) is 9.84 Å². The molecule has 0 amide bonds. The first-order chi connectivity index (χ1) is 5.97. The van der Waals surface area contributed by atoms with Crippen LogP contribution in [0, 0.1) is 5.82 Å². The Balaban J connectivity index is 3.33. The Morgan fingerprint density at radius 1 is 1.46 bits per heavy atom. The molecular formula is C8H8ClFO2S. The molecule has 13 heavy (non-hydrogen) atoms. The zero-order valence-electron chi connectivity index (χ0n) is 6.92. The molecule has 1 aromatic rings. The highest BCUT2D eigenvalue weighted by atomic mass is 35.5. The van der Waals surface area contributed by atoms with Crippen molar-refractivity contribution in [2.45, 2.75) is 11.8 Å². The molecule has 0 saturated heterocycles. The monoisotopic (exact) mass is 222 g/mol. The van der Waals surface area contributed by atoms with Crippen molar-refractivity contribution in [3.8, 4) is 0 Å². The van der Waals surface area contributed by atoms with E-state index >= 15 is 0 Å². The van der Waals surface area contributed by atoms with Gasteiger partial charge in [-0.1, -0.05) is 18.5 Å². The minimum atomic E-state index is -3.34. The summed E-state index contributed by atoms with van der Waals surface area (Å²) >= 11 is 5.57. The SMILES string of the molecule is CCS(=O)(=O)c1ccc(F)cc1Cl. The van der Waals surface area contributed by atoms with E-state index in [9.17, 15) is 12.8 Å². The fourth-order valence-electron chi connectivity index (χ4n) is 0.883. The maximum atomic E-state index is 12.6. The molecule has 0 radical (unpaired) electrons. The molecule has 1 rings (SSSR count). The van der Waals surface area contributed by atoms with Crippen molar-refractivity contribution in [1.29, 1.82) is 0 Å². The third kappa shape index (κ3) is 2.19. The van der Waals surface area contributed by atoms with Gasteiger partial charge in [-0.15, -0.1) is 0 Å². The number of rotatable bonds is 2. The minimum absolute atomic E-state index is 0.0157. The van der Waals surface area contributed by atoms with E-state index in [1.165, 1.54) is 13.0 Å². The predicted octanol–water partition coefficient (Wildman–Crippen LogP) is 2.27. The van der Waals surface area contributed by atoms with Gasteiger partial charge in [0.1, 0.15) is 5.82 Å². The molecule has 0 saturated carbocycles. The van der Waals surface area contributed by atoms with Gasteiger partial charge < -0.3 is 0 Å². The van der Waals surface area contributed by atoms with Gasteiger partial charge in [0, 0.05) is 0 Å². The lowest BCUT2D eigenvalue weighted by Gasteiger charge is -2.02. The Hall–Kier alpha value is -0.610. The molecule has 0 atom stereocenters. The van der Waals surface area contributed by atoms with Gasteiger partial charge in [-0.05, 0) is 18.2 Å². The van der Waals surface area contributed by atoms with Crippen molar-refractivity contribution in [2.24, 2.45) is 0 Å². The van der Waals surface area contributed by atoms with E-state index < -0.39 is 15.7 Å². The fourth-order valence-corrected chi connectivity index (χ4v) is 2.35. The fraction of sp³-hybridized carbons (Fsp3) is 0.250. The van der Waals surface area contributed by atoms with E-state index in [2.05, 4.69) is 0 Å². The van der Waals surface area contributed by atoms with E-state index in [4.69, 9.17) is 11.6 Å². The highest BCUT2D eigenvalue weighted by Gasteiger charge is 2.15. The molecule has 0 aliphatic carbocycles. The van der Waals surface area contributed by atoms with E-state index in [0.717, 1.165) is 12.1 Å². The van der Waals surface area contributed by atoms with E-state index in [0.29, 0.717) is 0 Å². The van der Waals surface area contributed by atoms with Crippen LogP contribution in [-0.4, -0.2) is 14.2 Å². The topological polar surface area (TPSA) is 34.1 Å². The van der Waals surface area contributed by atoms with Crippen LogP contribution in [0.3, 0.4) is 0 Å². The second-order valence-electron chi connectivity index (χ2n) is 2.48. The van der Waals surface area contributed by atoms with Crippen LogP contribution in [0.15, 0.2) is 23.1 Å². The Morgan fingerprint density at radius 3 is 2.54 bits per heavy atom. The molecule has 72 valence electrons. The molecule has 0 aliphatic rings. The summed E-state index contributed by atoms with van der Waals surface area (Å²) in [6, 6.07) is 3.25. The quantitative estimate of drug-likeness (QED) is 0.720. The van der Waals surface area contributed by atoms with Crippen LogP contribution in [0.4, 0.5) is 4.39 Å². The lowest BCUT2D eigenvalue weighted by Crippen LogP contribution is -2.04. The van der Waals surface area contributed by atoms with Crippen LogP contribution in [0.25, 0.3) is 0 Å². The third-order valence-corrected chi connectivity index (χ3v) is 3.82. The highest BCUT2D eigenvalue weighted by molar-refractivity contribution is 7.91. The number of sulfone groups is 1. The van der Waals surface area contributed by atoms with Crippen molar-refractivity contribution in [2.75, 3.05) is 5.75 Å². The van der Waals surface area contributed by atoms with Crippen LogP contribution in [0.5, 0.6) is 0 Å². The predicted molar refractivity (Wildman–Crippen MR) is 49.1 cm³/mol. The number of halogens is 2. The van der Waals surface area contributed by atoms with Gasteiger partial charge in [0.2, 0.25) is 0 Å². The summed E-state index contributed by atoms with van der Waals surface area (Å²) in [6.07, 6.45) is 0. The third-order valence-electron chi connectivity index (χ3n) is 1.61. The maximum Gasteiger partial charge on any atom is 0.179 e. The summed E-state index contributed by atoms with van der Waals surface area (Å²) in [5.74, 6) is -0.585. The summed E-state index contributed by atoms with van der Waals surface area (Å²) in [6.45, 7) is 1.51. The molecule has 0 aromatic heterocycles. The lowest BCUT2D eigenvalue weighted by molar-refractivity contribution is 0.596. The summed E-state index contributed by atoms with van der Waals surface area (Å²) in [4.78, 5) is -0.0157. The molecule has 0 fully saturated rings. The molecule has 0 unspecified atom stereocenters. The summed E-state index contributed by atoms with van der Waals surface area (Å²) in [7, 11) is -3.34. The molecular weight excluding hydrogens is 215 g/mol. The Morgan fingerprint density at radius 2 is 2.08 bits per heavy atom. The number of hydrogen-bond acceptors (Lipinski definition) is 2. The molecule has 0 N–H and O–H groups in total. The van der Waals surface area contributed by atoms with Crippen molar-refractivity contribution >= 4 is 21.4 Å². The molecule has 1 aromatic carbocycles. The first kappa shape index (κ1) is 10.5. The summed E-state index contributed by atoms with van der Waals surface area (Å²) in [5.41, 5.74) is 0. The van der Waals surface area contributed by atoms with Gasteiger partial charge in [0.05, 0.1) is 15.7 Å². The highest BCUT2D eigenvalue weighted by Crippen LogP contribution is 2.22. The maximum absolute atomic E-state index is 12.6. The second-order valence-corrected chi connectivity index (χ2v) is 5.13. The summed E-state index contributed by atoms with van der Waals surface area (Å²) < 4.78 is 35.2. The van der Waals surface area contributed by atoms with Gasteiger partial charge in [-0.25, -0.2) is 12.8 Å².